The lowest BCUT2D eigenvalue weighted by atomic mass is 10.1. The summed E-state index contributed by atoms with van der Waals surface area (Å²) in [5.74, 6) is 0.0378. The number of nitrogens with two attached hydrogens (primary N) is 1. The van der Waals surface area contributed by atoms with Crippen LogP contribution in [0.3, 0.4) is 0 Å². The Morgan fingerprint density at radius 1 is 1.70 bits per heavy atom. The van der Waals surface area contributed by atoms with Gasteiger partial charge in [-0.3, -0.25) is 0 Å². The molecule has 0 aliphatic heterocycles. The summed E-state index contributed by atoms with van der Waals surface area (Å²) in [5.41, 5.74) is -0.861. The highest BCUT2D eigenvalue weighted by Crippen LogP contribution is 2.11. The molecule has 3 unspecified atom stereocenters. The molecule has 0 aromatic carbocycles. The van der Waals surface area contributed by atoms with E-state index in [4.69, 9.17) is 10.2 Å². The van der Waals surface area contributed by atoms with Crippen LogP contribution < -0.4 is 5.14 Å². The largest absolute Gasteiger partial charge is 0.378 e. The lowest BCUT2D eigenvalue weighted by molar-refractivity contribution is 0.189. The fraction of sp³-hybridized carbons (Fsp3) is 1.00. The Morgan fingerprint density at radius 2 is 2.20 bits per heavy atom. The van der Waals surface area contributed by atoms with Crippen LogP contribution in [0, 0.1) is 5.92 Å². The van der Waals surface area contributed by atoms with Gasteiger partial charge in [0.15, 0.2) is 0 Å². The van der Waals surface area contributed by atoms with Crippen molar-refractivity contribution in [3.8, 4) is 0 Å². The molecule has 0 fully saturated rings. The predicted molar refractivity (Wildman–Crippen MR) is 42.4 cm³/mol. The molecule has 0 saturated heterocycles. The molecule has 0 aromatic heterocycles. The van der Waals surface area contributed by atoms with E-state index in [2.05, 4.69) is 0 Å². The summed E-state index contributed by atoms with van der Waals surface area (Å²) in [4.78, 5) is 0. The van der Waals surface area contributed by atoms with Crippen LogP contribution in [0.25, 0.3) is 0 Å². The molecule has 0 aromatic rings. The molecule has 3 N–H and O–H groups in total. The van der Waals surface area contributed by atoms with Crippen LogP contribution in [0.2, 0.25) is 0 Å². The summed E-state index contributed by atoms with van der Waals surface area (Å²) >= 11 is 0. The van der Waals surface area contributed by atoms with Crippen LogP contribution >= 0.6 is 0 Å². The Hall–Kier alpha value is 0.0700. The van der Waals surface area contributed by atoms with Gasteiger partial charge in [-0.05, 0) is 12.3 Å². The van der Waals surface area contributed by atoms with Crippen LogP contribution in [0.4, 0.5) is 0 Å². The number of aliphatic hydroxyl groups is 1. The van der Waals surface area contributed by atoms with Crippen LogP contribution in [0.15, 0.2) is 0 Å². The maximum absolute atomic E-state index is 10.5. The highest BCUT2D eigenvalue weighted by atomic mass is 32.2. The number of hydrogen-bond donors (Lipinski definition) is 2. The van der Waals surface area contributed by atoms with E-state index in [0.29, 0.717) is 0 Å². The molecule has 3 atom stereocenters. The van der Waals surface area contributed by atoms with Gasteiger partial charge in [-0.2, -0.15) is 0 Å². The maximum Gasteiger partial charge on any atom is 0.145 e. The normalized spacial score (nSPS) is 20.0. The van der Waals surface area contributed by atoms with Gasteiger partial charge in [0, 0.05) is 0 Å². The van der Waals surface area contributed by atoms with Gasteiger partial charge in [-0.25, -0.2) is 9.35 Å². The first kappa shape index (κ1) is 10.1. The Morgan fingerprint density at radius 3 is 2.50 bits per heavy atom. The molecule has 0 radical (unpaired) electrons. The molecule has 10 heavy (non-hydrogen) atoms. The predicted octanol–water partition coefficient (Wildman–Crippen LogP) is 0.363. The van der Waals surface area contributed by atoms with Gasteiger partial charge in [0.2, 0.25) is 0 Å². The summed E-state index contributed by atoms with van der Waals surface area (Å²) in [7, 11) is -1.59. The van der Waals surface area contributed by atoms with E-state index in [0.717, 1.165) is 12.8 Å². The van der Waals surface area contributed by atoms with Gasteiger partial charge >= 0.3 is 0 Å². The van der Waals surface area contributed by atoms with Crippen molar-refractivity contribution >= 4 is 11.0 Å². The minimum absolute atomic E-state index is 0.0378. The maximum atomic E-state index is 10.5. The van der Waals surface area contributed by atoms with E-state index < -0.39 is 16.4 Å². The summed E-state index contributed by atoms with van der Waals surface area (Å²) in [6, 6.07) is 0. The van der Waals surface area contributed by atoms with E-state index in [1.807, 2.05) is 13.8 Å². The van der Waals surface area contributed by atoms with Crippen molar-refractivity contribution < 1.29 is 9.32 Å². The van der Waals surface area contributed by atoms with Crippen molar-refractivity contribution in [3.63, 3.8) is 0 Å². The molecule has 0 spiro atoms. The van der Waals surface area contributed by atoms with Crippen LogP contribution in [0.5, 0.6) is 0 Å². The van der Waals surface area contributed by atoms with Crippen molar-refractivity contribution in [2.24, 2.45) is 11.1 Å². The molecule has 3 nitrogen and oxygen atoms in total. The van der Waals surface area contributed by atoms with Gasteiger partial charge < -0.3 is 5.11 Å². The SMILES string of the molecule is CCCC(C)C(O)S(N)=O. The fourth-order valence-corrected chi connectivity index (χ4v) is 1.42. The summed E-state index contributed by atoms with van der Waals surface area (Å²) < 4.78 is 10.5. The molecule has 0 saturated carbocycles. The minimum atomic E-state index is -1.59. The molecule has 0 amide bonds. The minimum Gasteiger partial charge on any atom is -0.378 e. The summed E-state index contributed by atoms with van der Waals surface area (Å²) in [5, 5.41) is 14.1. The fourth-order valence-electron chi connectivity index (χ4n) is 0.827. The molecular weight excluding hydrogens is 150 g/mol. The summed E-state index contributed by atoms with van der Waals surface area (Å²) in [6.45, 7) is 3.86. The molecule has 0 heterocycles. The zero-order valence-electron chi connectivity index (χ0n) is 6.41. The first-order chi connectivity index (χ1) is 4.59. The van der Waals surface area contributed by atoms with Gasteiger partial charge in [0.25, 0.3) is 0 Å². The standard InChI is InChI=1S/C6H15NO2S/c1-3-4-5(2)6(8)10(7)9/h5-6,8H,3-4,7H2,1-2H3. The van der Waals surface area contributed by atoms with E-state index in [1.165, 1.54) is 0 Å². The third-order valence-electron chi connectivity index (χ3n) is 1.47. The van der Waals surface area contributed by atoms with Crippen LogP contribution in [-0.2, 0) is 11.0 Å². The van der Waals surface area contributed by atoms with Crippen molar-refractivity contribution in [1.82, 2.24) is 0 Å². The van der Waals surface area contributed by atoms with Crippen molar-refractivity contribution in [2.75, 3.05) is 0 Å². The average Bonchev–Trinajstić information content (AvgIpc) is 1.87. The van der Waals surface area contributed by atoms with E-state index in [-0.39, 0.29) is 5.92 Å². The van der Waals surface area contributed by atoms with Gasteiger partial charge in [0.1, 0.15) is 16.4 Å². The van der Waals surface area contributed by atoms with Crippen LogP contribution in [0.1, 0.15) is 26.7 Å². The Kier molecular flexibility index (Phi) is 4.85. The van der Waals surface area contributed by atoms with E-state index in [1.54, 1.807) is 0 Å². The highest BCUT2D eigenvalue weighted by Gasteiger charge is 2.16. The third-order valence-corrected chi connectivity index (χ3v) is 2.41. The summed E-state index contributed by atoms with van der Waals surface area (Å²) in [6.07, 6.45) is 1.85. The zero-order chi connectivity index (χ0) is 8.15. The van der Waals surface area contributed by atoms with Crippen LogP contribution in [-0.4, -0.2) is 14.8 Å². The third kappa shape index (κ3) is 3.29. The number of hydrogen-bond acceptors (Lipinski definition) is 2. The van der Waals surface area contributed by atoms with Gasteiger partial charge in [0.05, 0.1) is 0 Å². The molecule has 62 valence electrons. The lowest BCUT2D eigenvalue weighted by Gasteiger charge is -2.14. The van der Waals surface area contributed by atoms with Crippen molar-refractivity contribution in [3.05, 3.63) is 0 Å². The topological polar surface area (TPSA) is 63.3 Å². The number of aliphatic hydroxyl groups excluding tert-OH is 1. The molecule has 0 rings (SSSR count). The molecule has 0 aliphatic rings. The first-order valence-corrected chi connectivity index (χ1v) is 4.70. The van der Waals surface area contributed by atoms with Crippen molar-refractivity contribution in [1.29, 1.82) is 0 Å². The lowest BCUT2D eigenvalue weighted by Crippen LogP contribution is -2.27. The Bertz CT molecular complexity index is 118. The second kappa shape index (κ2) is 4.82. The second-order valence-corrected chi connectivity index (χ2v) is 3.63. The first-order valence-electron chi connectivity index (χ1n) is 3.42. The molecular formula is C6H15NO2S. The monoisotopic (exact) mass is 165 g/mol. The van der Waals surface area contributed by atoms with E-state index >= 15 is 0 Å². The highest BCUT2D eigenvalue weighted by molar-refractivity contribution is 7.83. The molecule has 0 aliphatic carbocycles. The van der Waals surface area contributed by atoms with E-state index in [9.17, 15) is 4.21 Å². The van der Waals surface area contributed by atoms with Gasteiger partial charge in [-0.1, -0.05) is 20.3 Å². The average molecular weight is 165 g/mol. The quantitative estimate of drug-likeness (QED) is 0.632. The second-order valence-electron chi connectivity index (χ2n) is 2.49. The Labute approximate surface area is 64.2 Å². The number of rotatable bonds is 4. The van der Waals surface area contributed by atoms with Gasteiger partial charge in [-0.15, -0.1) is 0 Å². The van der Waals surface area contributed by atoms with Crippen molar-refractivity contribution in [2.45, 2.75) is 32.1 Å². The Balaban J connectivity index is 3.69. The molecule has 4 heteroatoms. The molecule has 0 bridgehead atoms. The smallest absolute Gasteiger partial charge is 0.145 e. The zero-order valence-corrected chi connectivity index (χ0v) is 7.23.